The summed E-state index contributed by atoms with van der Waals surface area (Å²) in [6.07, 6.45) is 2.46. The highest BCUT2D eigenvalue weighted by molar-refractivity contribution is 5.99. The van der Waals surface area contributed by atoms with E-state index in [4.69, 9.17) is 5.73 Å². The molecule has 1 aromatic carbocycles. The molecular weight excluding hydrogens is 254 g/mol. The molecule has 6 heteroatoms. The first-order chi connectivity index (χ1) is 9.04. The van der Waals surface area contributed by atoms with Gasteiger partial charge in [-0.05, 0) is 25.3 Å². The number of rotatable bonds is 2. The lowest BCUT2D eigenvalue weighted by Crippen LogP contribution is -2.45. The zero-order chi connectivity index (χ0) is 14.0. The SMILES string of the molecule is Nc1cc(F)c(F)cc1C(=O)N1CCCCC1CO. The Balaban J connectivity index is 2.30. The van der Waals surface area contributed by atoms with Gasteiger partial charge in [0.15, 0.2) is 11.6 Å². The van der Waals surface area contributed by atoms with Crippen LogP contribution in [0.3, 0.4) is 0 Å². The van der Waals surface area contributed by atoms with Crippen LogP contribution in [0.2, 0.25) is 0 Å². The van der Waals surface area contributed by atoms with E-state index in [1.54, 1.807) is 0 Å². The number of nitrogens with two attached hydrogens (primary N) is 1. The number of benzene rings is 1. The Labute approximate surface area is 109 Å². The van der Waals surface area contributed by atoms with Gasteiger partial charge in [-0.25, -0.2) is 8.78 Å². The van der Waals surface area contributed by atoms with Crippen LogP contribution >= 0.6 is 0 Å². The lowest BCUT2D eigenvalue weighted by molar-refractivity contribution is 0.0503. The standard InChI is InChI=1S/C13H16F2N2O2/c14-10-5-9(12(16)6-11(10)15)13(19)17-4-2-1-3-8(17)7-18/h5-6,8,18H,1-4,7,16H2. The highest BCUT2D eigenvalue weighted by Gasteiger charge is 2.28. The minimum atomic E-state index is -1.10. The van der Waals surface area contributed by atoms with E-state index in [0.717, 1.165) is 25.0 Å². The van der Waals surface area contributed by atoms with Gasteiger partial charge in [0, 0.05) is 18.3 Å². The van der Waals surface area contributed by atoms with E-state index in [-0.39, 0.29) is 23.9 Å². The average Bonchev–Trinajstić information content (AvgIpc) is 2.42. The van der Waals surface area contributed by atoms with Gasteiger partial charge in [0.25, 0.3) is 5.91 Å². The highest BCUT2D eigenvalue weighted by Crippen LogP contribution is 2.23. The average molecular weight is 270 g/mol. The summed E-state index contributed by atoms with van der Waals surface area (Å²) in [5.41, 5.74) is 5.42. The Hall–Kier alpha value is -1.69. The lowest BCUT2D eigenvalue weighted by Gasteiger charge is -2.34. The maximum absolute atomic E-state index is 13.2. The molecule has 1 aliphatic rings. The molecule has 3 N–H and O–H groups in total. The number of anilines is 1. The Kier molecular flexibility index (Phi) is 3.99. The number of halogens is 2. The highest BCUT2D eigenvalue weighted by atomic mass is 19.2. The van der Waals surface area contributed by atoms with Crippen molar-refractivity contribution in [3.05, 3.63) is 29.3 Å². The molecule has 19 heavy (non-hydrogen) atoms. The molecule has 1 heterocycles. The molecule has 0 bridgehead atoms. The van der Waals surface area contributed by atoms with Crippen molar-refractivity contribution in [2.24, 2.45) is 0 Å². The maximum Gasteiger partial charge on any atom is 0.256 e. The first-order valence-electron chi connectivity index (χ1n) is 6.21. The molecule has 1 saturated heterocycles. The number of aliphatic hydroxyl groups is 1. The number of carbonyl (C=O) groups excluding carboxylic acids is 1. The summed E-state index contributed by atoms with van der Waals surface area (Å²) in [6.45, 7) is 0.345. The Morgan fingerprint density at radius 3 is 2.74 bits per heavy atom. The Bertz CT molecular complexity index is 494. The Morgan fingerprint density at radius 2 is 2.05 bits per heavy atom. The maximum atomic E-state index is 13.2. The minimum absolute atomic E-state index is 0.0563. The van der Waals surface area contributed by atoms with Crippen LogP contribution in [0.15, 0.2) is 12.1 Å². The Morgan fingerprint density at radius 1 is 1.37 bits per heavy atom. The first-order valence-corrected chi connectivity index (χ1v) is 6.21. The fourth-order valence-electron chi connectivity index (χ4n) is 2.36. The smallest absolute Gasteiger partial charge is 0.256 e. The topological polar surface area (TPSA) is 66.6 Å². The molecule has 0 saturated carbocycles. The number of nitrogens with zero attached hydrogens (tertiary/aromatic N) is 1. The fourth-order valence-corrected chi connectivity index (χ4v) is 2.36. The molecule has 0 spiro atoms. The van der Waals surface area contributed by atoms with Gasteiger partial charge in [-0.2, -0.15) is 0 Å². The monoisotopic (exact) mass is 270 g/mol. The second kappa shape index (κ2) is 5.52. The molecule has 4 nitrogen and oxygen atoms in total. The summed E-state index contributed by atoms with van der Waals surface area (Å²) in [4.78, 5) is 13.8. The third-order valence-electron chi connectivity index (χ3n) is 3.42. The second-order valence-electron chi connectivity index (χ2n) is 4.68. The van der Waals surface area contributed by atoms with Crippen LogP contribution in [0.5, 0.6) is 0 Å². The number of hydrogen-bond donors (Lipinski definition) is 2. The van der Waals surface area contributed by atoms with Crippen LogP contribution < -0.4 is 5.73 Å². The van der Waals surface area contributed by atoms with Crippen LogP contribution in [0.4, 0.5) is 14.5 Å². The lowest BCUT2D eigenvalue weighted by atomic mass is 10.0. The van der Waals surface area contributed by atoms with E-state index >= 15 is 0 Å². The molecule has 2 rings (SSSR count). The summed E-state index contributed by atoms with van der Waals surface area (Å²) >= 11 is 0. The van der Waals surface area contributed by atoms with Crippen molar-refractivity contribution in [2.75, 3.05) is 18.9 Å². The number of carbonyl (C=O) groups is 1. The molecular formula is C13H16F2N2O2. The zero-order valence-corrected chi connectivity index (χ0v) is 10.4. The van der Waals surface area contributed by atoms with Crippen molar-refractivity contribution >= 4 is 11.6 Å². The summed E-state index contributed by atoms with van der Waals surface area (Å²) in [7, 11) is 0. The summed E-state index contributed by atoms with van der Waals surface area (Å²) in [5, 5.41) is 9.27. The van der Waals surface area contributed by atoms with E-state index < -0.39 is 17.5 Å². The van der Waals surface area contributed by atoms with Gasteiger partial charge in [0.1, 0.15) is 0 Å². The largest absolute Gasteiger partial charge is 0.398 e. The molecule has 0 aliphatic carbocycles. The van der Waals surface area contributed by atoms with E-state index in [9.17, 15) is 18.7 Å². The first kappa shape index (κ1) is 13.7. The molecule has 1 atom stereocenters. The molecule has 104 valence electrons. The van der Waals surface area contributed by atoms with Gasteiger partial charge >= 0.3 is 0 Å². The van der Waals surface area contributed by atoms with E-state index in [0.29, 0.717) is 13.0 Å². The normalized spacial score (nSPS) is 19.5. The second-order valence-corrected chi connectivity index (χ2v) is 4.68. The van der Waals surface area contributed by atoms with E-state index in [2.05, 4.69) is 0 Å². The number of nitrogen functional groups attached to an aromatic ring is 1. The third kappa shape index (κ3) is 2.68. The number of hydrogen-bond acceptors (Lipinski definition) is 3. The number of aliphatic hydroxyl groups excluding tert-OH is 1. The number of likely N-dealkylation sites (tertiary alicyclic amines) is 1. The molecule has 0 radical (unpaired) electrons. The van der Waals surface area contributed by atoms with Crippen molar-refractivity contribution in [2.45, 2.75) is 25.3 Å². The predicted molar refractivity (Wildman–Crippen MR) is 66.5 cm³/mol. The fraction of sp³-hybridized carbons (Fsp3) is 0.462. The van der Waals surface area contributed by atoms with Crippen LogP contribution in [-0.4, -0.2) is 35.1 Å². The summed E-state index contributed by atoms with van der Waals surface area (Å²) in [5.74, 6) is -2.64. The summed E-state index contributed by atoms with van der Waals surface area (Å²) in [6, 6.07) is 1.34. The van der Waals surface area contributed by atoms with Crippen molar-refractivity contribution in [3.63, 3.8) is 0 Å². The summed E-state index contributed by atoms with van der Waals surface area (Å²) < 4.78 is 26.2. The van der Waals surface area contributed by atoms with E-state index in [1.807, 2.05) is 0 Å². The third-order valence-corrected chi connectivity index (χ3v) is 3.42. The quantitative estimate of drug-likeness (QED) is 0.801. The van der Waals surface area contributed by atoms with Crippen molar-refractivity contribution in [1.29, 1.82) is 0 Å². The van der Waals surface area contributed by atoms with Crippen molar-refractivity contribution in [1.82, 2.24) is 4.90 Å². The van der Waals surface area contributed by atoms with Gasteiger partial charge in [0.2, 0.25) is 0 Å². The van der Waals surface area contributed by atoms with Gasteiger partial charge in [0.05, 0.1) is 18.2 Å². The van der Waals surface area contributed by atoms with Crippen LogP contribution in [0.25, 0.3) is 0 Å². The number of amides is 1. The zero-order valence-electron chi connectivity index (χ0n) is 10.4. The molecule has 1 aliphatic heterocycles. The van der Waals surface area contributed by atoms with Crippen LogP contribution in [0, 0.1) is 11.6 Å². The minimum Gasteiger partial charge on any atom is -0.398 e. The van der Waals surface area contributed by atoms with Crippen molar-refractivity contribution in [3.8, 4) is 0 Å². The van der Waals surface area contributed by atoms with Crippen LogP contribution in [0.1, 0.15) is 29.6 Å². The van der Waals surface area contributed by atoms with Gasteiger partial charge < -0.3 is 15.7 Å². The number of piperidine rings is 1. The molecule has 1 amide bonds. The van der Waals surface area contributed by atoms with E-state index in [1.165, 1.54) is 4.90 Å². The van der Waals surface area contributed by atoms with Gasteiger partial charge in [-0.1, -0.05) is 0 Å². The van der Waals surface area contributed by atoms with Crippen molar-refractivity contribution < 1.29 is 18.7 Å². The van der Waals surface area contributed by atoms with Gasteiger partial charge in [-0.15, -0.1) is 0 Å². The molecule has 1 fully saturated rings. The van der Waals surface area contributed by atoms with Crippen LogP contribution in [-0.2, 0) is 0 Å². The molecule has 1 aromatic rings. The predicted octanol–water partition coefficient (Wildman–Crippen LogP) is 1.53. The molecule has 0 aromatic heterocycles. The molecule has 1 unspecified atom stereocenters. The van der Waals surface area contributed by atoms with Gasteiger partial charge in [-0.3, -0.25) is 4.79 Å².